The van der Waals surface area contributed by atoms with Crippen molar-refractivity contribution in [1.29, 1.82) is 0 Å². The van der Waals surface area contributed by atoms with E-state index in [0.717, 1.165) is 0 Å². The quantitative estimate of drug-likeness (QED) is 0.501. The first-order valence-electron chi connectivity index (χ1n) is 6.76. The zero-order valence-electron chi connectivity index (χ0n) is 12.5. The van der Waals surface area contributed by atoms with Crippen LogP contribution in [0.1, 0.15) is 19.8 Å². The number of hydrogen-bond acceptors (Lipinski definition) is 6. The molecule has 0 bridgehead atoms. The fourth-order valence-electron chi connectivity index (χ4n) is 2.12. The van der Waals surface area contributed by atoms with Crippen molar-refractivity contribution in [3.63, 3.8) is 0 Å². The van der Waals surface area contributed by atoms with Crippen LogP contribution in [-0.2, 0) is 9.53 Å². The van der Waals surface area contributed by atoms with Crippen LogP contribution in [0.3, 0.4) is 0 Å². The SMILES string of the molecule is C=CCCC(C)(Nc1nc(Cl)nc2cccnc12)C(=O)OC. The van der Waals surface area contributed by atoms with Crippen LogP contribution in [0.5, 0.6) is 0 Å². The molecule has 0 amide bonds. The molecule has 0 fully saturated rings. The van der Waals surface area contributed by atoms with Gasteiger partial charge in [0, 0.05) is 6.20 Å². The number of nitrogens with zero attached hydrogens (tertiary/aromatic N) is 3. The van der Waals surface area contributed by atoms with Gasteiger partial charge in [-0.2, -0.15) is 4.98 Å². The van der Waals surface area contributed by atoms with E-state index in [1.807, 2.05) is 0 Å². The number of pyridine rings is 1. The van der Waals surface area contributed by atoms with Gasteiger partial charge < -0.3 is 10.1 Å². The lowest BCUT2D eigenvalue weighted by Gasteiger charge is -2.28. The van der Waals surface area contributed by atoms with Crippen molar-refractivity contribution < 1.29 is 9.53 Å². The first kappa shape index (κ1) is 16.2. The second-order valence-corrected chi connectivity index (χ2v) is 5.33. The van der Waals surface area contributed by atoms with Gasteiger partial charge in [0.15, 0.2) is 5.82 Å². The second kappa shape index (κ2) is 6.70. The number of carbonyl (C=O) groups is 1. The molecule has 2 heterocycles. The normalized spacial score (nSPS) is 13.4. The molecule has 1 N–H and O–H groups in total. The summed E-state index contributed by atoms with van der Waals surface area (Å²) in [5, 5.41) is 3.19. The maximum Gasteiger partial charge on any atom is 0.331 e. The van der Waals surface area contributed by atoms with Gasteiger partial charge >= 0.3 is 5.97 Å². The van der Waals surface area contributed by atoms with Crippen LogP contribution in [0.25, 0.3) is 11.0 Å². The van der Waals surface area contributed by atoms with Gasteiger partial charge in [-0.3, -0.25) is 4.98 Å². The Labute approximate surface area is 133 Å². The van der Waals surface area contributed by atoms with Gasteiger partial charge in [-0.25, -0.2) is 9.78 Å². The highest BCUT2D eigenvalue weighted by atomic mass is 35.5. The van der Waals surface area contributed by atoms with Crippen molar-refractivity contribution in [2.24, 2.45) is 0 Å². The third-order valence-electron chi connectivity index (χ3n) is 3.31. The van der Waals surface area contributed by atoms with Gasteiger partial charge in [0.1, 0.15) is 11.1 Å². The highest BCUT2D eigenvalue weighted by Crippen LogP contribution is 2.26. The molecule has 0 saturated heterocycles. The first-order chi connectivity index (χ1) is 10.5. The van der Waals surface area contributed by atoms with E-state index in [-0.39, 0.29) is 5.28 Å². The minimum Gasteiger partial charge on any atom is -0.467 e. The van der Waals surface area contributed by atoms with Crippen molar-refractivity contribution in [2.45, 2.75) is 25.3 Å². The smallest absolute Gasteiger partial charge is 0.331 e. The molecular formula is C15H17ClN4O2. The minimum absolute atomic E-state index is 0.0823. The van der Waals surface area contributed by atoms with Crippen molar-refractivity contribution in [2.75, 3.05) is 12.4 Å². The maximum absolute atomic E-state index is 12.1. The van der Waals surface area contributed by atoms with Crippen molar-refractivity contribution >= 4 is 34.4 Å². The predicted molar refractivity (Wildman–Crippen MR) is 85.8 cm³/mol. The Morgan fingerprint density at radius 2 is 2.32 bits per heavy atom. The van der Waals surface area contributed by atoms with Crippen molar-refractivity contribution in [3.8, 4) is 0 Å². The van der Waals surface area contributed by atoms with E-state index < -0.39 is 11.5 Å². The summed E-state index contributed by atoms with van der Waals surface area (Å²) in [5.74, 6) is 0.000674. The zero-order valence-corrected chi connectivity index (χ0v) is 13.2. The lowest BCUT2D eigenvalue weighted by molar-refractivity contribution is -0.145. The molecule has 22 heavy (non-hydrogen) atoms. The third kappa shape index (κ3) is 3.33. The molecule has 1 atom stereocenters. The molecule has 0 radical (unpaired) electrons. The summed E-state index contributed by atoms with van der Waals surface area (Å²) in [7, 11) is 1.35. The molecule has 0 aliphatic heterocycles. The van der Waals surface area contributed by atoms with Gasteiger partial charge in [-0.15, -0.1) is 6.58 Å². The molecule has 0 spiro atoms. The van der Waals surface area contributed by atoms with Gasteiger partial charge in [-0.1, -0.05) is 6.08 Å². The number of allylic oxidation sites excluding steroid dienone is 1. The number of carbonyl (C=O) groups excluding carboxylic acids is 1. The topological polar surface area (TPSA) is 77.0 Å². The van der Waals surface area contributed by atoms with Crippen LogP contribution in [-0.4, -0.2) is 33.6 Å². The van der Waals surface area contributed by atoms with Crippen molar-refractivity contribution in [3.05, 3.63) is 36.3 Å². The average molecular weight is 321 g/mol. The van der Waals surface area contributed by atoms with E-state index in [9.17, 15) is 4.79 Å². The molecule has 0 aromatic carbocycles. The highest BCUT2D eigenvalue weighted by Gasteiger charge is 2.34. The summed E-state index contributed by atoms with van der Waals surface area (Å²) in [5.41, 5.74) is 0.173. The molecule has 2 aromatic rings. The first-order valence-corrected chi connectivity index (χ1v) is 7.14. The summed E-state index contributed by atoms with van der Waals surface area (Å²) in [6.07, 6.45) is 4.51. The third-order valence-corrected chi connectivity index (χ3v) is 3.48. The van der Waals surface area contributed by atoms with Crippen LogP contribution < -0.4 is 5.32 Å². The number of hydrogen-bond donors (Lipinski definition) is 1. The molecule has 2 aromatic heterocycles. The highest BCUT2D eigenvalue weighted by molar-refractivity contribution is 6.28. The summed E-state index contributed by atoms with van der Waals surface area (Å²) in [6, 6.07) is 3.53. The van der Waals surface area contributed by atoms with Crippen LogP contribution in [0, 0.1) is 0 Å². The number of rotatable bonds is 6. The Kier molecular flexibility index (Phi) is 4.92. The fraction of sp³-hybridized carbons (Fsp3) is 0.333. The number of aromatic nitrogens is 3. The Balaban J connectivity index is 2.45. The molecule has 6 nitrogen and oxygen atoms in total. The number of halogens is 1. The number of nitrogens with one attached hydrogen (secondary N) is 1. The second-order valence-electron chi connectivity index (χ2n) is 4.99. The number of anilines is 1. The Morgan fingerprint density at radius 3 is 3.00 bits per heavy atom. The molecule has 0 aliphatic rings. The number of esters is 1. The molecule has 1 unspecified atom stereocenters. The van der Waals surface area contributed by atoms with E-state index >= 15 is 0 Å². The molecule has 116 valence electrons. The Morgan fingerprint density at radius 1 is 1.55 bits per heavy atom. The van der Waals surface area contributed by atoms with Crippen molar-refractivity contribution in [1.82, 2.24) is 15.0 Å². The van der Waals surface area contributed by atoms with E-state index in [0.29, 0.717) is 29.7 Å². The van der Waals surface area contributed by atoms with E-state index in [4.69, 9.17) is 16.3 Å². The van der Waals surface area contributed by atoms with Crippen LogP contribution >= 0.6 is 11.6 Å². The average Bonchev–Trinajstić information content (AvgIpc) is 2.52. The van der Waals surface area contributed by atoms with Gasteiger partial charge in [0.05, 0.1) is 12.6 Å². The zero-order chi connectivity index (χ0) is 16.2. The number of methoxy groups -OCH3 is 1. The van der Waals surface area contributed by atoms with E-state index in [1.165, 1.54) is 7.11 Å². The summed E-state index contributed by atoms with van der Waals surface area (Å²) in [6.45, 7) is 5.42. The van der Waals surface area contributed by atoms with E-state index in [2.05, 4.69) is 26.8 Å². The summed E-state index contributed by atoms with van der Waals surface area (Å²) >= 11 is 5.95. The van der Waals surface area contributed by atoms with Crippen LogP contribution in [0.2, 0.25) is 5.28 Å². The molecule has 0 aliphatic carbocycles. The molecule has 0 saturated carbocycles. The van der Waals surface area contributed by atoms with E-state index in [1.54, 1.807) is 31.3 Å². The number of fused-ring (bicyclic) bond motifs is 1. The standard InChI is InChI=1S/C15H17ClN4O2/c1-4-5-8-15(2,13(21)22-3)20-12-11-10(7-6-9-17-11)18-14(16)19-12/h4,6-7,9H,1,5,8H2,2-3H3,(H,18,19,20). The van der Waals surface area contributed by atoms with Gasteiger partial charge in [0.25, 0.3) is 0 Å². The van der Waals surface area contributed by atoms with Gasteiger partial charge in [0.2, 0.25) is 5.28 Å². The summed E-state index contributed by atoms with van der Waals surface area (Å²) in [4.78, 5) is 24.7. The Hall–Kier alpha value is -2.21. The maximum atomic E-state index is 12.1. The van der Waals surface area contributed by atoms with Crippen LogP contribution in [0.15, 0.2) is 31.0 Å². The van der Waals surface area contributed by atoms with Gasteiger partial charge in [-0.05, 0) is 43.5 Å². The minimum atomic E-state index is -0.967. The molecule has 2 rings (SSSR count). The largest absolute Gasteiger partial charge is 0.467 e. The molecule has 7 heteroatoms. The fourth-order valence-corrected chi connectivity index (χ4v) is 2.29. The Bertz CT molecular complexity index is 707. The van der Waals surface area contributed by atoms with Crippen LogP contribution in [0.4, 0.5) is 5.82 Å². The summed E-state index contributed by atoms with van der Waals surface area (Å²) < 4.78 is 4.89. The monoisotopic (exact) mass is 320 g/mol. The molecular weight excluding hydrogens is 304 g/mol. The predicted octanol–water partition coefficient (Wildman–Crippen LogP) is 2.99. The lowest BCUT2D eigenvalue weighted by atomic mass is 9.95. The lowest BCUT2D eigenvalue weighted by Crippen LogP contribution is -2.44. The number of ether oxygens (including phenoxy) is 1.